The number of alkyl halides is 3. The smallest absolute Gasteiger partial charge is 0.369 e. The van der Waals surface area contributed by atoms with Gasteiger partial charge in [0, 0.05) is 12.1 Å². The van der Waals surface area contributed by atoms with Crippen molar-refractivity contribution in [3.63, 3.8) is 0 Å². The lowest BCUT2D eigenvalue weighted by Crippen LogP contribution is -2.08. The molecule has 0 saturated carbocycles. The fourth-order valence-corrected chi connectivity index (χ4v) is 1.75. The van der Waals surface area contributed by atoms with E-state index in [1.54, 1.807) is 0 Å². The van der Waals surface area contributed by atoms with Crippen molar-refractivity contribution in [1.82, 2.24) is 9.97 Å². The minimum absolute atomic E-state index is 0.163. The highest BCUT2D eigenvalue weighted by atomic mass is 19.4. The van der Waals surface area contributed by atoms with Gasteiger partial charge in [0.1, 0.15) is 11.6 Å². The zero-order valence-corrected chi connectivity index (χ0v) is 11.2. The van der Waals surface area contributed by atoms with Gasteiger partial charge in [-0.25, -0.2) is 9.37 Å². The number of benzene rings is 1. The number of halogens is 4. The summed E-state index contributed by atoms with van der Waals surface area (Å²) in [6.07, 6.45) is -1.05. The molecule has 3 nitrogen and oxygen atoms in total. The molecule has 0 radical (unpaired) electrons. The molecule has 0 aliphatic carbocycles. The van der Waals surface area contributed by atoms with Crippen LogP contribution in [-0.4, -0.2) is 16.5 Å². The van der Waals surface area contributed by atoms with Crippen LogP contribution in [0.1, 0.15) is 18.9 Å². The van der Waals surface area contributed by atoms with Gasteiger partial charge >= 0.3 is 6.18 Å². The first kappa shape index (κ1) is 15.2. The molecule has 1 aromatic heterocycles. The third-order valence-corrected chi connectivity index (χ3v) is 2.76. The van der Waals surface area contributed by atoms with E-state index in [-0.39, 0.29) is 11.3 Å². The molecule has 2 aromatic rings. The number of nitrogens with zero attached hydrogens (tertiary/aromatic N) is 2. The van der Waals surface area contributed by atoms with E-state index in [1.165, 1.54) is 18.5 Å². The number of rotatable bonds is 4. The van der Waals surface area contributed by atoms with Gasteiger partial charge in [0.05, 0.1) is 23.7 Å². The molecule has 1 heterocycles. The zero-order valence-electron chi connectivity index (χ0n) is 11.2. The molecule has 0 atom stereocenters. The second-order valence-corrected chi connectivity index (χ2v) is 4.41. The third-order valence-electron chi connectivity index (χ3n) is 2.76. The minimum Gasteiger partial charge on any atom is -0.369 e. The van der Waals surface area contributed by atoms with Crippen molar-refractivity contribution in [2.24, 2.45) is 0 Å². The zero-order chi connectivity index (χ0) is 15.5. The summed E-state index contributed by atoms with van der Waals surface area (Å²) in [7, 11) is 0. The van der Waals surface area contributed by atoms with Crippen LogP contribution < -0.4 is 5.32 Å². The molecule has 0 amide bonds. The van der Waals surface area contributed by atoms with Crippen LogP contribution in [0.15, 0.2) is 30.6 Å². The molecular weight excluding hydrogens is 286 g/mol. The Kier molecular flexibility index (Phi) is 4.40. The Labute approximate surface area is 119 Å². The van der Waals surface area contributed by atoms with Gasteiger partial charge in [-0.3, -0.25) is 4.98 Å². The maximum atomic E-state index is 13.3. The molecule has 1 aromatic carbocycles. The van der Waals surface area contributed by atoms with E-state index >= 15 is 0 Å². The van der Waals surface area contributed by atoms with Crippen LogP contribution in [-0.2, 0) is 6.18 Å². The van der Waals surface area contributed by atoms with E-state index in [0.717, 1.165) is 18.6 Å². The molecule has 0 unspecified atom stereocenters. The van der Waals surface area contributed by atoms with Crippen molar-refractivity contribution in [2.45, 2.75) is 19.5 Å². The van der Waals surface area contributed by atoms with Gasteiger partial charge in [-0.05, 0) is 24.6 Å². The van der Waals surface area contributed by atoms with E-state index in [0.29, 0.717) is 12.4 Å². The summed E-state index contributed by atoms with van der Waals surface area (Å²) in [6, 6.07) is 2.77. The van der Waals surface area contributed by atoms with Gasteiger partial charge in [0.15, 0.2) is 0 Å². The molecule has 1 N–H and O–H groups in total. The van der Waals surface area contributed by atoms with Gasteiger partial charge in [0.25, 0.3) is 0 Å². The lowest BCUT2D eigenvalue weighted by Gasteiger charge is -2.10. The van der Waals surface area contributed by atoms with Crippen LogP contribution in [0, 0.1) is 5.82 Å². The standard InChI is InChI=1S/C14H13F4N3/c1-2-5-20-13-8-19-7-12(21-13)9-3-4-11(15)10(6-9)14(16,17)18/h3-4,6-8H,2,5H2,1H3,(H,20,21). The first-order valence-electron chi connectivity index (χ1n) is 6.35. The molecule has 112 valence electrons. The molecule has 0 spiro atoms. The average Bonchev–Trinajstić information content (AvgIpc) is 2.44. The fraction of sp³-hybridized carbons (Fsp3) is 0.286. The van der Waals surface area contributed by atoms with Gasteiger partial charge < -0.3 is 5.32 Å². The van der Waals surface area contributed by atoms with Crippen LogP contribution in [0.5, 0.6) is 0 Å². The molecule has 0 aliphatic heterocycles. The van der Waals surface area contributed by atoms with Crippen molar-refractivity contribution in [3.05, 3.63) is 42.0 Å². The van der Waals surface area contributed by atoms with Gasteiger partial charge in [-0.2, -0.15) is 13.2 Å². The number of anilines is 1. The quantitative estimate of drug-likeness (QED) is 0.863. The van der Waals surface area contributed by atoms with Crippen LogP contribution in [0.25, 0.3) is 11.3 Å². The molecule has 0 bridgehead atoms. The number of nitrogens with one attached hydrogen (secondary N) is 1. The maximum absolute atomic E-state index is 13.3. The van der Waals surface area contributed by atoms with Crippen molar-refractivity contribution in [3.8, 4) is 11.3 Å². The predicted octanol–water partition coefficient (Wildman–Crippen LogP) is 4.12. The molecule has 0 aliphatic rings. The lowest BCUT2D eigenvalue weighted by atomic mass is 10.1. The number of aromatic nitrogens is 2. The van der Waals surface area contributed by atoms with Gasteiger partial charge in [-0.15, -0.1) is 0 Å². The van der Waals surface area contributed by atoms with E-state index in [9.17, 15) is 17.6 Å². The second-order valence-electron chi connectivity index (χ2n) is 4.41. The van der Waals surface area contributed by atoms with E-state index < -0.39 is 17.6 Å². The van der Waals surface area contributed by atoms with Crippen LogP contribution in [0.4, 0.5) is 23.4 Å². The molecule has 21 heavy (non-hydrogen) atoms. The Bertz CT molecular complexity index is 626. The molecule has 7 heteroatoms. The number of hydrogen-bond donors (Lipinski definition) is 1. The van der Waals surface area contributed by atoms with E-state index in [4.69, 9.17) is 0 Å². The summed E-state index contributed by atoms with van der Waals surface area (Å²) in [6.45, 7) is 2.65. The summed E-state index contributed by atoms with van der Waals surface area (Å²) in [4.78, 5) is 8.10. The lowest BCUT2D eigenvalue weighted by molar-refractivity contribution is -0.139. The van der Waals surface area contributed by atoms with Crippen molar-refractivity contribution in [2.75, 3.05) is 11.9 Å². The largest absolute Gasteiger partial charge is 0.419 e. The Morgan fingerprint density at radius 3 is 2.62 bits per heavy atom. The normalized spacial score (nSPS) is 11.5. The highest BCUT2D eigenvalue weighted by molar-refractivity contribution is 5.61. The Morgan fingerprint density at radius 2 is 1.95 bits per heavy atom. The third kappa shape index (κ3) is 3.68. The van der Waals surface area contributed by atoms with Gasteiger partial charge in [-0.1, -0.05) is 6.92 Å². The van der Waals surface area contributed by atoms with E-state index in [2.05, 4.69) is 15.3 Å². The summed E-state index contributed by atoms with van der Waals surface area (Å²) in [5.41, 5.74) is -0.897. The van der Waals surface area contributed by atoms with Gasteiger partial charge in [0.2, 0.25) is 0 Å². The highest BCUT2D eigenvalue weighted by Gasteiger charge is 2.34. The summed E-state index contributed by atoms with van der Waals surface area (Å²) in [5, 5.41) is 2.99. The maximum Gasteiger partial charge on any atom is 0.419 e. The first-order valence-corrected chi connectivity index (χ1v) is 6.35. The Balaban J connectivity index is 2.38. The Morgan fingerprint density at radius 1 is 1.19 bits per heavy atom. The summed E-state index contributed by atoms with van der Waals surface area (Å²) >= 11 is 0. The van der Waals surface area contributed by atoms with Crippen LogP contribution >= 0.6 is 0 Å². The molecule has 0 fully saturated rings. The summed E-state index contributed by atoms with van der Waals surface area (Å²) in [5.74, 6) is -0.841. The number of hydrogen-bond acceptors (Lipinski definition) is 3. The molecular formula is C14H13F4N3. The second kappa shape index (κ2) is 6.07. The Hall–Kier alpha value is -2.18. The monoisotopic (exact) mass is 299 g/mol. The SMILES string of the molecule is CCCNc1cncc(-c2ccc(F)c(C(F)(F)F)c2)n1. The summed E-state index contributed by atoms with van der Waals surface area (Å²) < 4.78 is 51.4. The van der Waals surface area contributed by atoms with E-state index in [1.807, 2.05) is 6.92 Å². The van der Waals surface area contributed by atoms with Crippen LogP contribution in [0.3, 0.4) is 0 Å². The predicted molar refractivity (Wildman–Crippen MR) is 71.2 cm³/mol. The van der Waals surface area contributed by atoms with Crippen LogP contribution in [0.2, 0.25) is 0 Å². The average molecular weight is 299 g/mol. The fourth-order valence-electron chi connectivity index (χ4n) is 1.75. The van der Waals surface area contributed by atoms with Crippen molar-refractivity contribution >= 4 is 5.82 Å². The first-order chi connectivity index (χ1) is 9.91. The molecule has 2 rings (SSSR count). The van der Waals surface area contributed by atoms with Crippen molar-refractivity contribution < 1.29 is 17.6 Å². The molecule has 0 saturated heterocycles. The topological polar surface area (TPSA) is 37.8 Å². The van der Waals surface area contributed by atoms with Crippen molar-refractivity contribution in [1.29, 1.82) is 0 Å². The highest BCUT2D eigenvalue weighted by Crippen LogP contribution is 2.33. The minimum atomic E-state index is -4.74.